The molecule has 1 aromatic carbocycles. The Hall–Kier alpha value is -3.57. The van der Waals surface area contributed by atoms with E-state index in [1.165, 1.54) is 34.8 Å². The predicted molar refractivity (Wildman–Crippen MR) is 133 cm³/mol. The third kappa shape index (κ3) is 6.11. The van der Waals surface area contributed by atoms with Gasteiger partial charge in [0.05, 0.1) is 16.8 Å². The van der Waals surface area contributed by atoms with Gasteiger partial charge in [-0.05, 0) is 42.3 Å². The van der Waals surface area contributed by atoms with Gasteiger partial charge in [-0.1, -0.05) is 33.8 Å². The molecule has 0 spiro atoms. The van der Waals surface area contributed by atoms with Crippen LogP contribution in [0.15, 0.2) is 66.0 Å². The number of aromatic nitrogens is 3. The Balaban J connectivity index is 1.73. The molecule has 2 aromatic heterocycles. The molecule has 0 aliphatic carbocycles. The Morgan fingerprint density at radius 2 is 1.83 bits per heavy atom. The Kier molecular flexibility index (Phi) is 8.36. The summed E-state index contributed by atoms with van der Waals surface area (Å²) in [5, 5.41) is 9.61. The second-order valence-electron chi connectivity index (χ2n) is 8.16. The molecular formula is C24H30N6O4S. The number of carbonyl (C=O) groups excluding carboxylic acids is 2. The van der Waals surface area contributed by atoms with Crippen LogP contribution in [0.1, 0.15) is 38.1 Å². The molecular weight excluding hydrogens is 468 g/mol. The standard InChI is InChI=1S/C24H30N6O4S/c1-5-29(6-2)35(33,34)20-10-7-9-18(15-20)23(31)28-22(17(3)4)24(32)27-19-11-12-21(25-16-19)30-14-8-13-26-30/h7-17,22H,5-6H2,1-4H3,(H,27,32)(H,28,31)/t22-/m1/s1. The van der Waals surface area contributed by atoms with Gasteiger partial charge < -0.3 is 10.6 Å². The zero-order valence-electron chi connectivity index (χ0n) is 20.2. The molecule has 10 nitrogen and oxygen atoms in total. The summed E-state index contributed by atoms with van der Waals surface area (Å²) in [6.07, 6.45) is 4.91. The summed E-state index contributed by atoms with van der Waals surface area (Å²) in [6, 6.07) is 10.2. The molecule has 1 atom stereocenters. The number of hydrogen-bond donors (Lipinski definition) is 2. The highest BCUT2D eigenvalue weighted by molar-refractivity contribution is 7.89. The summed E-state index contributed by atoms with van der Waals surface area (Å²) in [7, 11) is -3.72. The van der Waals surface area contributed by atoms with Crippen molar-refractivity contribution in [2.75, 3.05) is 18.4 Å². The first-order valence-electron chi connectivity index (χ1n) is 11.3. The molecule has 0 radical (unpaired) electrons. The number of hydrogen-bond acceptors (Lipinski definition) is 6. The van der Waals surface area contributed by atoms with Gasteiger partial charge >= 0.3 is 0 Å². The Bertz CT molecular complexity index is 1250. The summed E-state index contributed by atoms with van der Waals surface area (Å²) in [4.78, 5) is 30.2. The molecule has 2 amide bonds. The molecule has 0 aliphatic heterocycles. The van der Waals surface area contributed by atoms with E-state index >= 15 is 0 Å². The van der Waals surface area contributed by atoms with Gasteiger partial charge in [0.1, 0.15) is 6.04 Å². The first kappa shape index (κ1) is 26.0. The predicted octanol–water partition coefficient (Wildman–Crippen LogP) is 2.69. The molecule has 11 heteroatoms. The van der Waals surface area contributed by atoms with Gasteiger partial charge in [0.25, 0.3) is 5.91 Å². The second kappa shape index (κ2) is 11.2. The smallest absolute Gasteiger partial charge is 0.251 e. The maximum absolute atomic E-state index is 13.0. The van der Waals surface area contributed by atoms with E-state index < -0.39 is 27.9 Å². The number of anilines is 1. The van der Waals surface area contributed by atoms with E-state index in [-0.39, 0.29) is 16.4 Å². The van der Waals surface area contributed by atoms with Crippen LogP contribution in [0.2, 0.25) is 0 Å². The minimum Gasteiger partial charge on any atom is -0.340 e. The molecule has 3 rings (SSSR count). The second-order valence-corrected chi connectivity index (χ2v) is 10.1. The van der Waals surface area contributed by atoms with E-state index in [2.05, 4.69) is 20.7 Å². The number of amides is 2. The molecule has 0 unspecified atom stereocenters. The number of carbonyl (C=O) groups is 2. The van der Waals surface area contributed by atoms with E-state index in [9.17, 15) is 18.0 Å². The van der Waals surface area contributed by atoms with Crippen LogP contribution in [0.3, 0.4) is 0 Å². The minimum atomic E-state index is -3.72. The van der Waals surface area contributed by atoms with Gasteiger partial charge in [0.2, 0.25) is 15.9 Å². The molecule has 0 bridgehead atoms. The highest BCUT2D eigenvalue weighted by atomic mass is 32.2. The summed E-state index contributed by atoms with van der Waals surface area (Å²) in [5.74, 6) is -0.574. The number of nitrogens with zero attached hydrogens (tertiary/aromatic N) is 4. The highest BCUT2D eigenvalue weighted by Crippen LogP contribution is 2.18. The van der Waals surface area contributed by atoms with Gasteiger partial charge in [-0.15, -0.1) is 0 Å². The van der Waals surface area contributed by atoms with Gasteiger partial charge in [0.15, 0.2) is 5.82 Å². The number of rotatable bonds is 10. The average Bonchev–Trinajstić information content (AvgIpc) is 3.38. The third-order valence-electron chi connectivity index (χ3n) is 5.43. The first-order chi connectivity index (χ1) is 16.7. The number of sulfonamides is 1. The quantitative estimate of drug-likeness (QED) is 0.443. The van der Waals surface area contributed by atoms with Gasteiger partial charge in [0, 0.05) is 31.0 Å². The minimum absolute atomic E-state index is 0.0303. The molecule has 0 saturated heterocycles. The SMILES string of the molecule is CCN(CC)S(=O)(=O)c1cccc(C(=O)N[C@@H](C(=O)Nc2ccc(-n3cccn3)nc2)C(C)C)c1. The molecule has 0 aliphatic rings. The number of nitrogens with one attached hydrogen (secondary N) is 2. The lowest BCUT2D eigenvalue weighted by Gasteiger charge is -2.22. The molecule has 186 valence electrons. The van der Waals surface area contributed by atoms with Crippen molar-refractivity contribution in [1.82, 2.24) is 24.4 Å². The number of pyridine rings is 1. The maximum Gasteiger partial charge on any atom is 0.251 e. The lowest BCUT2D eigenvalue weighted by molar-refractivity contribution is -0.118. The summed E-state index contributed by atoms with van der Waals surface area (Å²) in [6.45, 7) is 7.77. The summed E-state index contributed by atoms with van der Waals surface area (Å²) < 4.78 is 28.6. The monoisotopic (exact) mass is 498 g/mol. The van der Waals surface area contributed by atoms with Crippen molar-refractivity contribution < 1.29 is 18.0 Å². The normalized spacial score (nSPS) is 12.5. The zero-order chi connectivity index (χ0) is 25.6. The molecule has 2 heterocycles. The van der Waals surface area contributed by atoms with Crippen molar-refractivity contribution in [2.24, 2.45) is 5.92 Å². The maximum atomic E-state index is 13.0. The molecule has 3 aromatic rings. The van der Waals surface area contributed by atoms with E-state index in [1.54, 1.807) is 49.1 Å². The zero-order valence-corrected chi connectivity index (χ0v) is 21.0. The van der Waals surface area contributed by atoms with Crippen LogP contribution in [0, 0.1) is 5.92 Å². The fraction of sp³-hybridized carbons (Fsp3) is 0.333. The van der Waals surface area contributed by atoms with Crippen molar-refractivity contribution in [3.8, 4) is 5.82 Å². The van der Waals surface area contributed by atoms with Crippen LogP contribution in [0.4, 0.5) is 5.69 Å². The molecule has 2 N–H and O–H groups in total. The Morgan fingerprint density at radius 3 is 2.40 bits per heavy atom. The van der Waals surface area contributed by atoms with Crippen LogP contribution in [-0.4, -0.2) is 58.4 Å². The third-order valence-corrected chi connectivity index (χ3v) is 7.48. The molecule has 35 heavy (non-hydrogen) atoms. The Morgan fingerprint density at radius 1 is 1.09 bits per heavy atom. The molecule has 0 saturated carbocycles. The van der Waals surface area contributed by atoms with Crippen LogP contribution >= 0.6 is 0 Å². The van der Waals surface area contributed by atoms with E-state index in [0.717, 1.165) is 0 Å². The fourth-order valence-electron chi connectivity index (χ4n) is 3.49. The van der Waals surface area contributed by atoms with Crippen molar-refractivity contribution in [2.45, 2.75) is 38.6 Å². The topological polar surface area (TPSA) is 126 Å². The Labute approximate surface area is 205 Å². The van der Waals surface area contributed by atoms with Crippen LogP contribution in [-0.2, 0) is 14.8 Å². The van der Waals surface area contributed by atoms with Crippen molar-refractivity contribution >= 4 is 27.5 Å². The van der Waals surface area contributed by atoms with Crippen molar-refractivity contribution in [1.29, 1.82) is 0 Å². The summed E-state index contributed by atoms with van der Waals surface area (Å²) in [5.41, 5.74) is 0.625. The van der Waals surface area contributed by atoms with Crippen LogP contribution in [0.5, 0.6) is 0 Å². The fourth-order valence-corrected chi connectivity index (χ4v) is 4.99. The highest BCUT2D eigenvalue weighted by Gasteiger charge is 2.27. The van der Waals surface area contributed by atoms with E-state index in [0.29, 0.717) is 24.6 Å². The van der Waals surface area contributed by atoms with Crippen molar-refractivity contribution in [3.63, 3.8) is 0 Å². The van der Waals surface area contributed by atoms with E-state index in [4.69, 9.17) is 0 Å². The van der Waals surface area contributed by atoms with Crippen LogP contribution < -0.4 is 10.6 Å². The lowest BCUT2D eigenvalue weighted by atomic mass is 10.0. The van der Waals surface area contributed by atoms with Gasteiger partial charge in [-0.3, -0.25) is 9.59 Å². The number of benzene rings is 1. The van der Waals surface area contributed by atoms with E-state index in [1.807, 2.05) is 13.8 Å². The molecule has 0 fully saturated rings. The van der Waals surface area contributed by atoms with Gasteiger partial charge in [-0.2, -0.15) is 9.40 Å². The summed E-state index contributed by atoms with van der Waals surface area (Å²) >= 11 is 0. The lowest BCUT2D eigenvalue weighted by Crippen LogP contribution is -2.47. The van der Waals surface area contributed by atoms with Crippen molar-refractivity contribution in [3.05, 3.63) is 66.6 Å². The average molecular weight is 499 g/mol. The van der Waals surface area contributed by atoms with Gasteiger partial charge in [-0.25, -0.2) is 18.1 Å². The van der Waals surface area contributed by atoms with Crippen LogP contribution in [0.25, 0.3) is 5.82 Å². The largest absolute Gasteiger partial charge is 0.340 e. The first-order valence-corrected chi connectivity index (χ1v) is 12.8.